The summed E-state index contributed by atoms with van der Waals surface area (Å²) in [5, 5.41) is 2.97. The van der Waals surface area contributed by atoms with Crippen LogP contribution in [-0.2, 0) is 9.53 Å². The topological polar surface area (TPSA) is 75.7 Å². The van der Waals surface area contributed by atoms with E-state index in [1.807, 2.05) is 13.8 Å². The smallest absolute Gasteiger partial charge is 0.341 e. The molecule has 0 saturated heterocycles. The van der Waals surface area contributed by atoms with Crippen LogP contribution in [0, 0.1) is 12.7 Å². The molecule has 1 aromatic carbocycles. The zero-order valence-electron chi connectivity index (χ0n) is 18.6. The van der Waals surface area contributed by atoms with Crippen LogP contribution in [0.4, 0.5) is 9.39 Å². The third kappa shape index (κ3) is 5.95. The van der Waals surface area contributed by atoms with Crippen LogP contribution < -0.4 is 5.32 Å². The third-order valence-electron chi connectivity index (χ3n) is 4.58. The lowest BCUT2D eigenvalue weighted by molar-refractivity contribution is -0.111. The average Bonchev–Trinajstić information content (AvgIpc) is 3.03. The van der Waals surface area contributed by atoms with Gasteiger partial charge in [-0.05, 0) is 58.4 Å². The van der Waals surface area contributed by atoms with Gasteiger partial charge in [-0.25, -0.2) is 9.18 Å². The Morgan fingerprint density at radius 1 is 1.25 bits per heavy atom. The molecule has 0 fully saturated rings. The number of carbonyl (C=O) groups is 3. The molecule has 6 nitrogen and oxygen atoms in total. The quantitative estimate of drug-likeness (QED) is 0.397. The molecule has 9 heteroatoms. The van der Waals surface area contributed by atoms with Gasteiger partial charge in [0.25, 0.3) is 5.91 Å². The number of anilines is 1. The predicted molar refractivity (Wildman–Crippen MR) is 126 cm³/mol. The van der Waals surface area contributed by atoms with E-state index in [1.165, 1.54) is 24.3 Å². The molecule has 2 aromatic rings. The number of hydrogen-bond donors (Lipinski definition) is 1. The Balaban J connectivity index is 2.41. The fraction of sp³-hybridized carbons (Fsp3) is 0.348. The highest BCUT2D eigenvalue weighted by Gasteiger charge is 2.28. The zero-order chi connectivity index (χ0) is 24.0. The number of rotatable bonds is 8. The minimum absolute atomic E-state index is 0.0727. The van der Waals surface area contributed by atoms with E-state index < -0.39 is 17.7 Å². The van der Waals surface area contributed by atoms with Gasteiger partial charge in [0.2, 0.25) is 5.91 Å². The summed E-state index contributed by atoms with van der Waals surface area (Å²) in [6.07, 6.45) is 1.99. The third-order valence-corrected chi connectivity index (χ3v) is 6.10. The van der Waals surface area contributed by atoms with Gasteiger partial charge in [0.15, 0.2) is 0 Å². The molecular weight excluding hydrogens is 455 g/mol. The zero-order valence-corrected chi connectivity index (χ0v) is 20.2. The van der Waals surface area contributed by atoms with Crippen molar-refractivity contribution in [3.05, 3.63) is 56.7 Å². The molecule has 0 aliphatic rings. The lowest BCUT2D eigenvalue weighted by Crippen LogP contribution is -2.30. The number of halogens is 2. The molecule has 1 heterocycles. The summed E-state index contributed by atoms with van der Waals surface area (Å²) in [7, 11) is 0. The van der Waals surface area contributed by atoms with E-state index in [4.69, 9.17) is 16.3 Å². The van der Waals surface area contributed by atoms with Gasteiger partial charge < -0.3 is 15.0 Å². The van der Waals surface area contributed by atoms with Crippen LogP contribution in [-0.4, -0.2) is 41.9 Å². The molecule has 2 rings (SSSR count). The van der Waals surface area contributed by atoms with Crippen LogP contribution in [0.25, 0.3) is 6.08 Å². The van der Waals surface area contributed by atoms with Crippen LogP contribution in [0.5, 0.6) is 0 Å². The fourth-order valence-corrected chi connectivity index (χ4v) is 4.35. The van der Waals surface area contributed by atoms with Gasteiger partial charge in [-0.3, -0.25) is 9.59 Å². The van der Waals surface area contributed by atoms with Gasteiger partial charge in [-0.15, -0.1) is 11.3 Å². The number of amides is 2. The van der Waals surface area contributed by atoms with Crippen molar-refractivity contribution in [1.29, 1.82) is 0 Å². The van der Waals surface area contributed by atoms with Crippen molar-refractivity contribution in [2.24, 2.45) is 0 Å². The van der Waals surface area contributed by atoms with Gasteiger partial charge in [0.05, 0.1) is 21.6 Å². The van der Waals surface area contributed by atoms with E-state index in [0.29, 0.717) is 23.5 Å². The summed E-state index contributed by atoms with van der Waals surface area (Å²) in [4.78, 5) is 40.1. The summed E-state index contributed by atoms with van der Waals surface area (Å²) in [5.41, 5.74) is 0.641. The number of ether oxygens (including phenoxy) is 1. The second-order valence-corrected chi connectivity index (χ2v) is 8.58. The summed E-state index contributed by atoms with van der Waals surface area (Å²) >= 11 is 6.99. The predicted octanol–water partition coefficient (Wildman–Crippen LogP) is 5.55. The van der Waals surface area contributed by atoms with Crippen molar-refractivity contribution in [2.45, 2.75) is 40.7 Å². The number of thiophene rings is 1. The van der Waals surface area contributed by atoms with Gasteiger partial charge in [0, 0.05) is 24.7 Å². The molecule has 0 aliphatic carbocycles. The van der Waals surface area contributed by atoms with Crippen molar-refractivity contribution in [3.8, 4) is 0 Å². The molecule has 32 heavy (non-hydrogen) atoms. The van der Waals surface area contributed by atoms with E-state index in [-0.39, 0.29) is 33.2 Å². The Bertz CT molecular complexity index is 1020. The van der Waals surface area contributed by atoms with Crippen molar-refractivity contribution in [2.75, 3.05) is 18.4 Å². The molecule has 1 N–H and O–H groups in total. The summed E-state index contributed by atoms with van der Waals surface area (Å²) in [6, 6.07) is 4.21. The van der Waals surface area contributed by atoms with Crippen LogP contribution in [0.15, 0.2) is 24.3 Å². The Hall–Kier alpha value is -2.71. The molecule has 0 saturated carbocycles. The minimum Gasteiger partial charge on any atom is -0.459 e. The molecule has 0 unspecified atom stereocenters. The Morgan fingerprint density at radius 3 is 2.47 bits per heavy atom. The van der Waals surface area contributed by atoms with Crippen LogP contribution >= 0.6 is 22.9 Å². The molecule has 2 amide bonds. The highest BCUT2D eigenvalue weighted by atomic mass is 35.5. The summed E-state index contributed by atoms with van der Waals surface area (Å²) in [5.74, 6) is -2.04. The first kappa shape index (κ1) is 25.5. The van der Waals surface area contributed by atoms with Crippen molar-refractivity contribution < 1.29 is 23.5 Å². The Labute approximate surface area is 196 Å². The molecule has 1 aromatic heterocycles. The average molecular weight is 481 g/mol. The molecule has 0 spiro atoms. The van der Waals surface area contributed by atoms with Gasteiger partial charge >= 0.3 is 5.97 Å². The number of benzene rings is 1. The molecule has 172 valence electrons. The first-order chi connectivity index (χ1) is 15.1. The largest absolute Gasteiger partial charge is 0.459 e. The molecule has 0 bridgehead atoms. The molecule has 0 radical (unpaired) electrons. The van der Waals surface area contributed by atoms with Crippen molar-refractivity contribution in [1.82, 2.24) is 4.90 Å². The van der Waals surface area contributed by atoms with Crippen LogP contribution in [0.2, 0.25) is 5.02 Å². The van der Waals surface area contributed by atoms with E-state index >= 15 is 0 Å². The van der Waals surface area contributed by atoms with Crippen LogP contribution in [0.3, 0.4) is 0 Å². The summed E-state index contributed by atoms with van der Waals surface area (Å²) in [6.45, 7) is 9.80. The molecule has 0 atom stereocenters. The maximum Gasteiger partial charge on any atom is 0.341 e. The minimum atomic E-state index is -0.635. The van der Waals surface area contributed by atoms with E-state index in [0.717, 1.165) is 17.4 Å². The number of esters is 1. The lowest BCUT2D eigenvalue weighted by Gasteiger charge is -2.18. The molecule has 0 aliphatic heterocycles. The van der Waals surface area contributed by atoms with Gasteiger partial charge in [-0.2, -0.15) is 0 Å². The number of nitrogens with one attached hydrogen (secondary N) is 1. The van der Waals surface area contributed by atoms with Gasteiger partial charge in [0.1, 0.15) is 10.8 Å². The lowest BCUT2D eigenvalue weighted by atomic mass is 10.1. The highest BCUT2D eigenvalue weighted by Crippen LogP contribution is 2.35. The SMILES string of the molecule is CCN(CC)C(=O)c1sc(NC(=O)C=Cc2c(F)cccc2Cl)c(C(=O)OC(C)C)c1C. The number of hydrogen-bond acceptors (Lipinski definition) is 5. The maximum atomic E-state index is 13.9. The second-order valence-electron chi connectivity index (χ2n) is 7.15. The second kappa shape index (κ2) is 11.2. The van der Waals surface area contributed by atoms with E-state index in [1.54, 1.807) is 25.7 Å². The summed E-state index contributed by atoms with van der Waals surface area (Å²) < 4.78 is 19.3. The van der Waals surface area contributed by atoms with E-state index in [2.05, 4.69) is 5.32 Å². The first-order valence-electron chi connectivity index (χ1n) is 10.2. The normalized spacial score (nSPS) is 11.1. The van der Waals surface area contributed by atoms with Gasteiger partial charge in [-0.1, -0.05) is 17.7 Å². The first-order valence-corrected chi connectivity index (χ1v) is 11.4. The van der Waals surface area contributed by atoms with Crippen molar-refractivity contribution in [3.63, 3.8) is 0 Å². The fourth-order valence-electron chi connectivity index (χ4n) is 2.96. The maximum absolute atomic E-state index is 13.9. The molecular formula is C23H26ClFN2O4S. The monoisotopic (exact) mass is 480 g/mol. The highest BCUT2D eigenvalue weighted by molar-refractivity contribution is 7.18. The Morgan fingerprint density at radius 2 is 1.91 bits per heavy atom. The Kier molecular flexibility index (Phi) is 8.98. The number of carbonyl (C=O) groups excluding carboxylic acids is 3. The standard InChI is InChI=1S/C23H26ClFN2O4S/c1-6-27(7-2)22(29)20-14(5)19(23(30)31-13(3)4)21(32-20)26-18(28)12-11-15-16(24)9-8-10-17(15)25/h8-13H,6-7H2,1-5H3,(H,26,28). The van der Waals surface area contributed by atoms with Crippen LogP contribution in [0.1, 0.15) is 58.9 Å². The number of nitrogens with zero attached hydrogens (tertiary/aromatic N) is 1. The van der Waals surface area contributed by atoms with E-state index in [9.17, 15) is 18.8 Å². The van der Waals surface area contributed by atoms with Crippen molar-refractivity contribution >= 4 is 51.8 Å².